The molecule has 0 saturated heterocycles. The van der Waals surface area contributed by atoms with Gasteiger partial charge in [0.1, 0.15) is 0 Å². The van der Waals surface area contributed by atoms with Gasteiger partial charge in [-0.3, -0.25) is 0 Å². The molecule has 1 nitrogen and oxygen atoms in total. The molecule has 3 unspecified atom stereocenters. The van der Waals surface area contributed by atoms with Gasteiger partial charge in [-0.2, -0.15) is 0 Å². The van der Waals surface area contributed by atoms with Gasteiger partial charge in [-0.25, -0.2) is 0 Å². The minimum Gasteiger partial charge on any atom is -0.388 e. The summed E-state index contributed by atoms with van der Waals surface area (Å²) in [6.45, 7) is 2.23. The van der Waals surface area contributed by atoms with E-state index in [9.17, 15) is 5.11 Å². The third-order valence-corrected chi connectivity index (χ3v) is 4.32. The van der Waals surface area contributed by atoms with E-state index >= 15 is 0 Å². The summed E-state index contributed by atoms with van der Waals surface area (Å²) in [6, 6.07) is 7.66. The summed E-state index contributed by atoms with van der Waals surface area (Å²) in [5, 5.41) is 11.2. The van der Waals surface area contributed by atoms with Crippen LogP contribution in [0.5, 0.6) is 0 Å². The molecule has 3 atom stereocenters. The zero-order valence-electron chi connectivity index (χ0n) is 10.4. The van der Waals surface area contributed by atoms with Crippen LogP contribution in [-0.4, -0.2) is 5.11 Å². The zero-order valence-corrected chi connectivity index (χ0v) is 11.2. The highest BCUT2D eigenvalue weighted by molar-refractivity contribution is 6.30. The second kappa shape index (κ2) is 5.88. The summed E-state index contributed by atoms with van der Waals surface area (Å²) in [4.78, 5) is 0. The smallest absolute Gasteiger partial charge is 0.0821 e. The van der Waals surface area contributed by atoms with Crippen molar-refractivity contribution in [2.75, 3.05) is 0 Å². The molecular formula is C15H21ClO. The SMILES string of the molecule is CCC1CCCCC1C(O)c1cccc(Cl)c1. The van der Waals surface area contributed by atoms with Crippen molar-refractivity contribution < 1.29 is 5.11 Å². The van der Waals surface area contributed by atoms with Crippen LogP contribution in [0.15, 0.2) is 24.3 Å². The van der Waals surface area contributed by atoms with Gasteiger partial charge in [0.25, 0.3) is 0 Å². The van der Waals surface area contributed by atoms with Crippen LogP contribution in [0.4, 0.5) is 0 Å². The predicted octanol–water partition coefficient (Wildman–Crippen LogP) is 4.59. The fourth-order valence-electron chi connectivity index (χ4n) is 3.10. The molecule has 2 heteroatoms. The Bertz CT molecular complexity index is 364. The number of hydrogen-bond acceptors (Lipinski definition) is 1. The van der Waals surface area contributed by atoms with Crippen LogP contribution >= 0.6 is 11.6 Å². The number of aliphatic hydroxyl groups is 1. The first-order valence-corrected chi connectivity index (χ1v) is 7.03. The van der Waals surface area contributed by atoms with E-state index in [0.29, 0.717) is 16.9 Å². The van der Waals surface area contributed by atoms with Crippen molar-refractivity contribution in [2.45, 2.75) is 45.1 Å². The van der Waals surface area contributed by atoms with Gasteiger partial charge in [-0.15, -0.1) is 0 Å². The summed E-state index contributed by atoms with van der Waals surface area (Å²) >= 11 is 5.99. The van der Waals surface area contributed by atoms with E-state index in [1.165, 1.54) is 25.7 Å². The predicted molar refractivity (Wildman–Crippen MR) is 72.2 cm³/mol. The quantitative estimate of drug-likeness (QED) is 0.834. The lowest BCUT2D eigenvalue weighted by molar-refractivity contribution is 0.0452. The Hall–Kier alpha value is -0.530. The Morgan fingerprint density at radius 2 is 2.12 bits per heavy atom. The topological polar surface area (TPSA) is 20.2 Å². The maximum absolute atomic E-state index is 10.5. The van der Waals surface area contributed by atoms with Crippen LogP contribution in [0, 0.1) is 11.8 Å². The molecule has 0 radical (unpaired) electrons. The van der Waals surface area contributed by atoms with Crippen LogP contribution in [-0.2, 0) is 0 Å². The van der Waals surface area contributed by atoms with Crippen molar-refractivity contribution >= 4 is 11.6 Å². The van der Waals surface area contributed by atoms with Gasteiger partial charge in [0.15, 0.2) is 0 Å². The molecule has 1 saturated carbocycles. The fourth-order valence-corrected chi connectivity index (χ4v) is 3.30. The van der Waals surface area contributed by atoms with E-state index in [1.807, 2.05) is 24.3 Å². The van der Waals surface area contributed by atoms with Gasteiger partial charge in [-0.1, -0.05) is 56.3 Å². The molecule has 1 fully saturated rings. The number of benzene rings is 1. The normalized spacial score (nSPS) is 26.8. The lowest BCUT2D eigenvalue weighted by Gasteiger charge is -2.34. The minimum absolute atomic E-state index is 0.348. The molecule has 0 amide bonds. The standard InChI is InChI=1S/C15H21ClO/c1-2-11-6-3-4-9-14(11)15(17)12-7-5-8-13(16)10-12/h5,7-8,10-11,14-15,17H,2-4,6,9H2,1H3. The van der Waals surface area contributed by atoms with E-state index in [4.69, 9.17) is 11.6 Å². The van der Waals surface area contributed by atoms with Gasteiger partial charge in [0.2, 0.25) is 0 Å². The minimum atomic E-state index is -0.348. The Balaban J connectivity index is 2.15. The molecule has 1 N–H and O–H groups in total. The fraction of sp³-hybridized carbons (Fsp3) is 0.600. The summed E-state index contributed by atoms with van der Waals surface area (Å²) in [7, 11) is 0. The van der Waals surface area contributed by atoms with E-state index in [0.717, 1.165) is 12.0 Å². The molecule has 1 aromatic rings. The van der Waals surface area contributed by atoms with Crippen molar-refractivity contribution in [2.24, 2.45) is 11.8 Å². The van der Waals surface area contributed by atoms with Crippen molar-refractivity contribution in [1.82, 2.24) is 0 Å². The van der Waals surface area contributed by atoms with Crippen molar-refractivity contribution in [3.63, 3.8) is 0 Å². The van der Waals surface area contributed by atoms with E-state index in [-0.39, 0.29) is 6.10 Å². The Labute approximate surface area is 109 Å². The molecule has 1 aliphatic carbocycles. The molecule has 0 aliphatic heterocycles. The zero-order chi connectivity index (χ0) is 12.3. The van der Waals surface area contributed by atoms with Crippen LogP contribution < -0.4 is 0 Å². The highest BCUT2D eigenvalue weighted by Gasteiger charge is 2.30. The molecule has 2 rings (SSSR count). The monoisotopic (exact) mass is 252 g/mol. The van der Waals surface area contributed by atoms with Crippen LogP contribution in [0.3, 0.4) is 0 Å². The van der Waals surface area contributed by atoms with Crippen LogP contribution in [0.1, 0.15) is 50.7 Å². The molecule has 0 spiro atoms. The maximum Gasteiger partial charge on any atom is 0.0821 e. The highest BCUT2D eigenvalue weighted by atomic mass is 35.5. The lowest BCUT2D eigenvalue weighted by atomic mass is 9.73. The second-order valence-electron chi connectivity index (χ2n) is 5.12. The number of hydrogen-bond donors (Lipinski definition) is 1. The highest BCUT2D eigenvalue weighted by Crippen LogP contribution is 2.40. The Kier molecular flexibility index (Phi) is 4.47. The van der Waals surface area contributed by atoms with E-state index in [2.05, 4.69) is 6.92 Å². The second-order valence-corrected chi connectivity index (χ2v) is 5.55. The number of halogens is 1. The molecule has 1 aromatic carbocycles. The molecule has 94 valence electrons. The van der Waals surface area contributed by atoms with Crippen molar-refractivity contribution in [3.05, 3.63) is 34.9 Å². The molecule has 0 heterocycles. The lowest BCUT2D eigenvalue weighted by Crippen LogP contribution is -2.25. The Morgan fingerprint density at radius 3 is 2.82 bits per heavy atom. The van der Waals surface area contributed by atoms with Crippen molar-refractivity contribution in [1.29, 1.82) is 0 Å². The summed E-state index contributed by atoms with van der Waals surface area (Å²) < 4.78 is 0. The average molecular weight is 253 g/mol. The van der Waals surface area contributed by atoms with Crippen LogP contribution in [0.2, 0.25) is 5.02 Å². The van der Waals surface area contributed by atoms with Gasteiger partial charge < -0.3 is 5.11 Å². The van der Waals surface area contributed by atoms with Crippen LogP contribution in [0.25, 0.3) is 0 Å². The Morgan fingerprint density at radius 1 is 1.35 bits per heavy atom. The third kappa shape index (κ3) is 3.02. The van der Waals surface area contributed by atoms with Gasteiger partial charge in [0, 0.05) is 5.02 Å². The molecule has 1 aliphatic rings. The molecule has 17 heavy (non-hydrogen) atoms. The van der Waals surface area contributed by atoms with E-state index in [1.54, 1.807) is 0 Å². The first-order valence-electron chi connectivity index (χ1n) is 6.66. The summed E-state index contributed by atoms with van der Waals surface area (Å²) in [6.07, 6.45) is 5.79. The number of rotatable bonds is 3. The third-order valence-electron chi connectivity index (χ3n) is 4.09. The van der Waals surface area contributed by atoms with Gasteiger partial charge in [-0.05, 0) is 36.0 Å². The van der Waals surface area contributed by atoms with Gasteiger partial charge >= 0.3 is 0 Å². The summed E-state index contributed by atoms with van der Waals surface area (Å²) in [5.41, 5.74) is 0.975. The first kappa shape index (κ1) is 12.9. The largest absolute Gasteiger partial charge is 0.388 e. The first-order chi connectivity index (χ1) is 8.22. The van der Waals surface area contributed by atoms with E-state index < -0.39 is 0 Å². The molecule has 0 aromatic heterocycles. The number of aliphatic hydroxyl groups excluding tert-OH is 1. The maximum atomic E-state index is 10.5. The molecule has 0 bridgehead atoms. The summed E-state index contributed by atoms with van der Waals surface area (Å²) in [5.74, 6) is 1.07. The van der Waals surface area contributed by atoms with Gasteiger partial charge in [0.05, 0.1) is 6.10 Å². The van der Waals surface area contributed by atoms with Crippen molar-refractivity contribution in [3.8, 4) is 0 Å². The average Bonchev–Trinajstić information content (AvgIpc) is 2.38. The molecular weight excluding hydrogens is 232 g/mol.